The summed E-state index contributed by atoms with van der Waals surface area (Å²) in [4.78, 5) is 6.87. The van der Waals surface area contributed by atoms with E-state index in [1.54, 1.807) is 11.3 Å². The molecule has 1 aliphatic rings. The van der Waals surface area contributed by atoms with Gasteiger partial charge in [-0.05, 0) is 25.9 Å². The fraction of sp³-hybridized carbons (Fsp3) is 0.727. The summed E-state index contributed by atoms with van der Waals surface area (Å²) in [5, 5.41) is 5.73. The van der Waals surface area contributed by atoms with E-state index in [1.165, 1.54) is 25.1 Å². The van der Waals surface area contributed by atoms with Gasteiger partial charge in [0.05, 0.1) is 11.2 Å². The van der Waals surface area contributed by atoms with Crippen LogP contribution in [0, 0.1) is 0 Å². The molecular weight excluding hydrogens is 206 g/mol. The van der Waals surface area contributed by atoms with E-state index in [4.69, 9.17) is 0 Å². The zero-order valence-electron chi connectivity index (χ0n) is 9.28. The molecule has 1 aromatic heterocycles. The number of hydrogen-bond donors (Lipinski definition) is 1. The van der Waals surface area contributed by atoms with Crippen LogP contribution in [-0.4, -0.2) is 35.6 Å². The lowest BCUT2D eigenvalue weighted by Gasteiger charge is -2.22. The number of nitrogens with zero attached hydrogens (tertiary/aromatic N) is 2. The maximum absolute atomic E-state index is 4.35. The molecular formula is C11H19N3S. The molecule has 1 unspecified atom stereocenters. The number of aromatic nitrogens is 1. The molecule has 1 fully saturated rings. The van der Waals surface area contributed by atoms with Crippen LogP contribution in [0.1, 0.15) is 25.5 Å². The van der Waals surface area contributed by atoms with Crippen LogP contribution in [0.25, 0.3) is 0 Å². The topological polar surface area (TPSA) is 28.2 Å². The van der Waals surface area contributed by atoms with Gasteiger partial charge < -0.3 is 5.32 Å². The largest absolute Gasteiger partial charge is 0.313 e. The predicted octanol–water partition coefficient (Wildman–Crippen LogP) is 1.72. The number of hydrogen-bond acceptors (Lipinski definition) is 4. The standard InChI is InChI=1S/C11H19N3S/c1-2-10-6-14(5-3-4-12-10)7-11-8-15-9-13-11/h8-10,12H,2-7H2,1H3. The van der Waals surface area contributed by atoms with E-state index < -0.39 is 0 Å². The summed E-state index contributed by atoms with van der Waals surface area (Å²) in [6, 6.07) is 0.658. The molecule has 1 aliphatic heterocycles. The smallest absolute Gasteiger partial charge is 0.0795 e. The highest BCUT2D eigenvalue weighted by Gasteiger charge is 2.16. The molecule has 1 N–H and O–H groups in total. The van der Waals surface area contributed by atoms with Gasteiger partial charge in [-0.1, -0.05) is 6.92 Å². The summed E-state index contributed by atoms with van der Waals surface area (Å²) in [5.41, 5.74) is 3.14. The highest BCUT2D eigenvalue weighted by molar-refractivity contribution is 7.07. The first-order chi connectivity index (χ1) is 7.38. The van der Waals surface area contributed by atoms with Gasteiger partial charge >= 0.3 is 0 Å². The van der Waals surface area contributed by atoms with Crippen LogP contribution < -0.4 is 5.32 Å². The number of rotatable bonds is 3. The first-order valence-corrected chi connectivity index (χ1v) is 6.65. The molecule has 0 spiro atoms. The summed E-state index contributed by atoms with van der Waals surface area (Å²) in [6.07, 6.45) is 2.47. The third-order valence-electron chi connectivity index (χ3n) is 2.92. The fourth-order valence-electron chi connectivity index (χ4n) is 2.04. The minimum atomic E-state index is 0.658. The van der Waals surface area contributed by atoms with E-state index in [2.05, 4.69) is 27.5 Å². The van der Waals surface area contributed by atoms with Gasteiger partial charge in [-0.25, -0.2) is 4.98 Å². The maximum Gasteiger partial charge on any atom is 0.0795 e. The molecule has 0 radical (unpaired) electrons. The Kier molecular flexibility index (Phi) is 4.11. The highest BCUT2D eigenvalue weighted by atomic mass is 32.1. The van der Waals surface area contributed by atoms with Crippen molar-refractivity contribution in [1.82, 2.24) is 15.2 Å². The lowest BCUT2D eigenvalue weighted by molar-refractivity contribution is 0.255. The van der Waals surface area contributed by atoms with Gasteiger partial charge in [0.1, 0.15) is 0 Å². The summed E-state index contributed by atoms with van der Waals surface area (Å²) in [7, 11) is 0. The normalized spacial score (nSPS) is 23.9. The van der Waals surface area contributed by atoms with Crippen molar-refractivity contribution in [3.63, 3.8) is 0 Å². The molecule has 0 bridgehead atoms. The molecule has 4 heteroatoms. The molecule has 0 amide bonds. The average molecular weight is 225 g/mol. The van der Waals surface area contributed by atoms with Crippen LogP contribution in [0.4, 0.5) is 0 Å². The Balaban J connectivity index is 1.90. The summed E-state index contributed by atoms with van der Waals surface area (Å²) in [5.74, 6) is 0. The molecule has 84 valence electrons. The zero-order valence-corrected chi connectivity index (χ0v) is 10.1. The Morgan fingerprint density at radius 3 is 3.33 bits per heavy atom. The molecule has 1 aromatic rings. The van der Waals surface area contributed by atoms with Crippen LogP contribution in [-0.2, 0) is 6.54 Å². The molecule has 1 atom stereocenters. The summed E-state index contributed by atoms with van der Waals surface area (Å²) in [6.45, 7) is 6.78. The van der Waals surface area contributed by atoms with E-state index in [9.17, 15) is 0 Å². The molecule has 2 heterocycles. The average Bonchev–Trinajstić information content (AvgIpc) is 2.64. The lowest BCUT2D eigenvalue weighted by Crippen LogP contribution is -2.36. The molecule has 3 nitrogen and oxygen atoms in total. The van der Waals surface area contributed by atoms with Crippen molar-refractivity contribution in [2.75, 3.05) is 19.6 Å². The van der Waals surface area contributed by atoms with Crippen molar-refractivity contribution < 1.29 is 0 Å². The predicted molar refractivity (Wildman–Crippen MR) is 64.1 cm³/mol. The molecule has 15 heavy (non-hydrogen) atoms. The summed E-state index contributed by atoms with van der Waals surface area (Å²) >= 11 is 1.69. The van der Waals surface area contributed by atoms with E-state index in [0.717, 1.165) is 19.6 Å². The lowest BCUT2D eigenvalue weighted by atomic mass is 10.2. The van der Waals surface area contributed by atoms with Crippen LogP contribution >= 0.6 is 11.3 Å². The quantitative estimate of drug-likeness (QED) is 0.849. The van der Waals surface area contributed by atoms with E-state index in [1.807, 2.05) is 5.51 Å². The van der Waals surface area contributed by atoms with Gasteiger partial charge in [-0.3, -0.25) is 4.90 Å². The summed E-state index contributed by atoms with van der Waals surface area (Å²) < 4.78 is 0. The van der Waals surface area contributed by atoms with Gasteiger partial charge in [0.2, 0.25) is 0 Å². The highest BCUT2D eigenvalue weighted by Crippen LogP contribution is 2.09. The van der Waals surface area contributed by atoms with Crippen LogP contribution in [0.3, 0.4) is 0 Å². The van der Waals surface area contributed by atoms with E-state index >= 15 is 0 Å². The van der Waals surface area contributed by atoms with Gasteiger partial charge in [0.25, 0.3) is 0 Å². The number of nitrogens with one attached hydrogen (secondary N) is 1. The first-order valence-electron chi connectivity index (χ1n) is 5.71. The van der Waals surface area contributed by atoms with Crippen molar-refractivity contribution in [2.24, 2.45) is 0 Å². The van der Waals surface area contributed by atoms with Gasteiger partial charge in [0.15, 0.2) is 0 Å². The van der Waals surface area contributed by atoms with E-state index in [0.29, 0.717) is 6.04 Å². The second kappa shape index (κ2) is 5.58. The van der Waals surface area contributed by atoms with Crippen LogP contribution in [0.15, 0.2) is 10.9 Å². The minimum Gasteiger partial charge on any atom is -0.313 e. The molecule has 1 saturated heterocycles. The minimum absolute atomic E-state index is 0.658. The Labute approximate surface area is 95.5 Å². The van der Waals surface area contributed by atoms with Gasteiger partial charge in [-0.15, -0.1) is 11.3 Å². The molecule has 0 aliphatic carbocycles. The Bertz CT molecular complexity index is 273. The second-order valence-corrected chi connectivity index (χ2v) is 4.85. The third kappa shape index (κ3) is 3.26. The fourth-order valence-corrected chi connectivity index (χ4v) is 2.59. The van der Waals surface area contributed by atoms with Crippen molar-refractivity contribution in [3.05, 3.63) is 16.6 Å². The Hall–Kier alpha value is -0.450. The van der Waals surface area contributed by atoms with Crippen LogP contribution in [0.5, 0.6) is 0 Å². The Morgan fingerprint density at radius 2 is 2.60 bits per heavy atom. The van der Waals surface area contributed by atoms with Crippen molar-refractivity contribution in [2.45, 2.75) is 32.4 Å². The molecule has 0 saturated carbocycles. The van der Waals surface area contributed by atoms with Crippen molar-refractivity contribution >= 4 is 11.3 Å². The maximum atomic E-state index is 4.35. The third-order valence-corrected chi connectivity index (χ3v) is 3.56. The Morgan fingerprint density at radius 1 is 1.67 bits per heavy atom. The first kappa shape index (κ1) is 11.0. The van der Waals surface area contributed by atoms with E-state index in [-0.39, 0.29) is 0 Å². The number of thiazole rings is 1. The SMILES string of the molecule is CCC1CN(Cc2cscn2)CCCN1. The van der Waals surface area contributed by atoms with Crippen molar-refractivity contribution in [3.8, 4) is 0 Å². The van der Waals surface area contributed by atoms with Gasteiger partial charge in [0, 0.05) is 24.5 Å². The molecule has 0 aromatic carbocycles. The monoisotopic (exact) mass is 225 g/mol. The second-order valence-electron chi connectivity index (χ2n) is 4.13. The molecule has 2 rings (SSSR count). The zero-order chi connectivity index (χ0) is 10.5. The van der Waals surface area contributed by atoms with Crippen molar-refractivity contribution in [1.29, 1.82) is 0 Å². The van der Waals surface area contributed by atoms with Crippen LogP contribution in [0.2, 0.25) is 0 Å². The van der Waals surface area contributed by atoms with Gasteiger partial charge in [-0.2, -0.15) is 0 Å².